The summed E-state index contributed by atoms with van der Waals surface area (Å²) in [5, 5.41) is 19.1. The summed E-state index contributed by atoms with van der Waals surface area (Å²) in [6, 6.07) is 10.8. The molecule has 0 bridgehead atoms. The molecule has 1 saturated heterocycles. The van der Waals surface area contributed by atoms with E-state index in [9.17, 15) is 0 Å². The van der Waals surface area contributed by atoms with E-state index in [1.54, 1.807) is 13.0 Å². The summed E-state index contributed by atoms with van der Waals surface area (Å²) in [6.45, 7) is 10.7. The number of hydrogen-bond donors (Lipinski definition) is 3. The molecule has 0 amide bonds. The lowest BCUT2D eigenvalue weighted by Crippen LogP contribution is -2.44. The Balaban J connectivity index is 1.57. The van der Waals surface area contributed by atoms with Gasteiger partial charge in [-0.3, -0.25) is 0 Å². The molecule has 2 aliphatic heterocycles. The zero-order valence-corrected chi connectivity index (χ0v) is 18.7. The number of nitrogens with one attached hydrogen (secondary N) is 3. The summed E-state index contributed by atoms with van der Waals surface area (Å²) in [7, 11) is 0. The molecule has 3 heterocycles. The number of hydrogen-bond acceptors (Lipinski definition) is 6. The standard InChI is InChI=1S/C25H31N5O/c1-16(27)11-18(13-26)17-5-6-21-19(12-17)15-31-24-22(21)7-8-23(28-24)30-10-9-20(14-30)29-25(2,3)4/h5-8,11-13,20,26-27,29H,9-10,14-15H2,1-4H3/b18-11+,26-13?,27-16?/t20-/m0/s1. The van der Waals surface area contributed by atoms with Crippen LogP contribution in [0.5, 0.6) is 5.88 Å². The number of fused-ring (bicyclic) bond motifs is 3. The first-order valence-electron chi connectivity index (χ1n) is 10.8. The van der Waals surface area contributed by atoms with Crippen LogP contribution in [-0.4, -0.2) is 41.6 Å². The van der Waals surface area contributed by atoms with Crippen molar-refractivity contribution in [3.05, 3.63) is 47.5 Å². The lowest BCUT2D eigenvalue weighted by Gasteiger charge is -2.26. The van der Waals surface area contributed by atoms with E-state index in [0.717, 1.165) is 53.2 Å². The van der Waals surface area contributed by atoms with Crippen molar-refractivity contribution in [2.45, 2.75) is 52.3 Å². The lowest BCUT2D eigenvalue weighted by molar-refractivity contribution is 0.290. The van der Waals surface area contributed by atoms with Gasteiger partial charge in [-0.1, -0.05) is 12.1 Å². The van der Waals surface area contributed by atoms with E-state index in [4.69, 9.17) is 20.5 Å². The monoisotopic (exact) mass is 417 g/mol. The Morgan fingerprint density at radius 1 is 1.23 bits per heavy atom. The highest BCUT2D eigenvalue weighted by Gasteiger charge is 2.28. The van der Waals surface area contributed by atoms with Crippen LogP contribution in [0.1, 0.15) is 45.2 Å². The molecule has 3 N–H and O–H groups in total. The zero-order valence-electron chi connectivity index (χ0n) is 18.7. The van der Waals surface area contributed by atoms with Gasteiger partial charge in [-0.2, -0.15) is 4.98 Å². The second-order valence-electron chi connectivity index (χ2n) is 9.44. The molecule has 0 radical (unpaired) electrons. The number of benzene rings is 1. The molecule has 1 atom stereocenters. The van der Waals surface area contributed by atoms with Crippen LogP contribution in [0.25, 0.3) is 16.7 Å². The minimum atomic E-state index is 0.111. The van der Waals surface area contributed by atoms with E-state index in [2.05, 4.69) is 55.3 Å². The molecule has 1 aromatic carbocycles. The van der Waals surface area contributed by atoms with Gasteiger partial charge >= 0.3 is 0 Å². The average molecular weight is 418 g/mol. The molecule has 31 heavy (non-hydrogen) atoms. The minimum Gasteiger partial charge on any atom is -0.472 e. The summed E-state index contributed by atoms with van der Waals surface area (Å²) in [5.74, 6) is 1.65. The van der Waals surface area contributed by atoms with Crippen LogP contribution < -0.4 is 15.0 Å². The van der Waals surface area contributed by atoms with Gasteiger partial charge in [0.1, 0.15) is 12.4 Å². The van der Waals surface area contributed by atoms with E-state index in [1.165, 1.54) is 6.21 Å². The van der Waals surface area contributed by atoms with Crippen molar-refractivity contribution in [3.63, 3.8) is 0 Å². The molecule has 2 aromatic rings. The molecule has 4 rings (SSSR count). The van der Waals surface area contributed by atoms with Gasteiger partial charge in [0, 0.05) is 47.7 Å². The Bertz CT molecular complexity index is 1050. The summed E-state index contributed by atoms with van der Waals surface area (Å²) in [4.78, 5) is 7.16. The number of aromatic nitrogens is 1. The van der Waals surface area contributed by atoms with Gasteiger partial charge in [-0.15, -0.1) is 0 Å². The maximum absolute atomic E-state index is 7.69. The zero-order chi connectivity index (χ0) is 22.2. The first-order chi connectivity index (χ1) is 14.7. The Hall–Kier alpha value is -2.99. The highest BCUT2D eigenvalue weighted by Crippen LogP contribution is 2.38. The smallest absolute Gasteiger partial charge is 0.223 e. The van der Waals surface area contributed by atoms with Gasteiger partial charge < -0.3 is 25.8 Å². The molecule has 162 valence electrons. The highest BCUT2D eigenvalue weighted by molar-refractivity contribution is 6.15. The normalized spacial score (nSPS) is 18.3. The highest BCUT2D eigenvalue weighted by atomic mass is 16.5. The summed E-state index contributed by atoms with van der Waals surface area (Å²) in [5.41, 5.74) is 5.38. The molecule has 1 aromatic heterocycles. The van der Waals surface area contributed by atoms with Crippen molar-refractivity contribution in [2.75, 3.05) is 18.0 Å². The van der Waals surface area contributed by atoms with Crippen LogP contribution in [-0.2, 0) is 6.61 Å². The topological polar surface area (TPSA) is 85.1 Å². The Morgan fingerprint density at radius 3 is 2.71 bits per heavy atom. The van der Waals surface area contributed by atoms with Gasteiger partial charge in [-0.05, 0) is 75.1 Å². The van der Waals surface area contributed by atoms with Gasteiger partial charge in [-0.25, -0.2) is 0 Å². The molecule has 6 heteroatoms. The van der Waals surface area contributed by atoms with Gasteiger partial charge in [0.2, 0.25) is 5.88 Å². The molecule has 6 nitrogen and oxygen atoms in total. The van der Waals surface area contributed by atoms with Gasteiger partial charge in [0.25, 0.3) is 0 Å². The molecule has 0 spiro atoms. The van der Waals surface area contributed by atoms with E-state index >= 15 is 0 Å². The number of anilines is 1. The van der Waals surface area contributed by atoms with Crippen molar-refractivity contribution in [3.8, 4) is 17.0 Å². The Kier molecular flexibility index (Phi) is 5.67. The third kappa shape index (κ3) is 4.69. The Morgan fingerprint density at radius 2 is 2.00 bits per heavy atom. The van der Waals surface area contributed by atoms with Gasteiger partial charge in [0.05, 0.1) is 0 Å². The van der Waals surface area contributed by atoms with Crippen molar-refractivity contribution in [2.24, 2.45) is 0 Å². The number of rotatable bonds is 5. The second kappa shape index (κ2) is 8.27. The SMILES string of the molecule is CC(=N)/C=C(\C=N)c1ccc2c(c1)COc1nc(N3CC[C@H](NC(C)(C)C)C3)ccc1-2. The molecular formula is C25H31N5O. The second-order valence-corrected chi connectivity index (χ2v) is 9.44. The van der Waals surface area contributed by atoms with Crippen molar-refractivity contribution >= 4 is 23.3 Å². The summed E-state index contributed by atoms with van der Waals surface area (Å²) < 4.78 is 6.03. The fourth-order valence-corrected chi connectivity index (χ4v) is 4.36. The molecule has 0 unspecified atom stereocenters. The fourth-order valence-electron chi connectivity index (χ4n) is 4.36. The molecule has 0 aliphatic carbocycles. The maximum Gasteiger partial charge on any atom is 0.223 e. The first-order valence-corrected chi connectivity index (χ1v) is 10.8. The predicted molar refractivity (Wildman–Crippen MR) is 128 cm³/mol. The van der Waals surface area contributed by atoms with E-state index < -0.39 is 0 Å². The third-order valence-electron chi connectivity index (χ3n) is 5.62. The number of pyridine rings is 1. The third-order valence-corrected chi connectivity index (χ3v) is 5.62. The van der Waals surface area contributed by atoms with E-state index in [0.29, 0.717) is 24.2 Å². The number of allylic oxidation sites excluding steroid dienone is 2. The molecule has 1 fully saturated rings. The van der Waals surface area contributed by atoms with Crippen LogP contribution in [0.15, 0.2) is 36.4 Å². The minimum absolute atomic E-state index is 0.111. The largest absolute Gasteiger partial charge is 0.472 e. The van der Waals surface area contributed by atoms with Crippen LogP contribution in [0.2, 0.25) is 0 Å². The summed E-state index contributed by atoms with van der Waals surface area (Å²) >= 11 is 0. The van der Waals surface area contributed by atoms with E-state index in [1.807, 2.05) is 6.07 Å². The molecule has 0 saturated carbocycles. The quantitative estimate of drug-likeness (QED) is 0.617. The molecule has 2 aliphatic rings. The maximum atomic E-state index is 7.69. The van der Waals surface area contributed by atoms with Crippen LogP contribution in [0.4, 0.5) is 5.82 Å². The van der Waals surface area contributed by atoms with Crippen molar-refractivity contribution in [1.29, 1.82) is 10.8 Å². The summed E-state index contributed by atoms with van der Waals surface area (Å²) in [6.07, 6.45) is 4.11. The van der Waals surface area contributed by atoms with Crippen LogP contribution in [0, 0.1) is 10.8 Å². The van der Waals surface area contributed by atoms with Crippen molar-refractivity contribution < 1.29 is 4.74 Å². The average Bonchev–Trinajstić information content (AvgIpc) is 3.17. The number of ether oxygens (including phenoxy) is 1. The van der Waals surface area contributed by atoms with E-state index in [-0.39, 0.29) is 5.54 Å². The first kappa shape index (κ1) is 21.2. The van der Waals surface area contributed by atoms with Crippen LogP contribution >= 0.6 is 0 Å². The Labute approximate surface area is 184 Å². The number of nitrogens with zero attached hydrogens (tertiary/aromatic N) is 2. The predicted octanol–water partition coefficient (Wildman–Crippen LogP) is 4.68. The van der Waals surface area contributed by atoms with Crippen molar-refractivity contribution in [1.82, 2.24) is 10.3 Å². The molecular weight excluding hydrogens is 386 g/mol. The van der Waals surface area contributed by atoms with Gasteiger partial charge in [0.15, 0.2) is 0 Å². The lowest BCUT2D eigenvalue weighted by atomic mass is 9.94. The van der Waals surface area contributed by atoms with Crippen LogP contribution in [0.3, 0.4) is 0 Å². The fraction of sp³-hybridized carbons (Fsp3) is 0.400.